The first-order chi connectivity index (χ1) is 6.11. The number of aromatic nitrogens is 1. The Bertz CT molecular complexity index is 312. The number of rotatable bonds is 3. The van der Waals surface area contributed by atoms with Crippen LogP contribution in [0.3, 0.4) is 0 Å². The molecule has 1 unspecified atom stereocenters. The summed E-state index contributed by atoms with van der Waals surface area (Å²) in [4.78, 5) is 4.54. The Morgan fingerprint density at radius 2 is 2.31 bits per heavy atom. The molecule has 0 saturated heterocycles. The smallest absolute Gasteiger partial charge is 0.0664 e. The van der Waals surface area contributed by atoms with Crippen LogP contribution in [0.5, 0.6) is 0 Å². The Balaban J connectivity index is 2.83. The normalized spacial score (nSPS) is 13.2. The third kappa shape index (κ3) is 2.81. The Labute approximate surface area is 80.8 Å². The lowest BCUT2D eigenvalue weighted by atomic mass is 10.3. The van der Waals surface area contributed by atoms with E-state index in [-0.39, 0.29) is 0 Å². The predicted octanol–water partition coefficient (Wildman–Crippen LogP) is 1.43. The van der Waals surface area contributed by atoms with Crippen molar-refractivity contribution in [2.45, 2.75) is 18.7 Å². The largest absolute Gasteiger partial charge is 0.396 e. The first-order valence-electron chi connectivity index (χ1n) is 4.19. The van der Waals surface area contributed by atoms with Gasteiger partial charge in [-0.05, 0) is 12.0 Å². The van der Waals surface area contributed by atoms with Gasteiger partial charge >= 0.3 is 0 Å². The summed E-state index contributed by atoms with van der Waals surface area (Å²) in [5.41, 5.74) is 6.16. The minimum absolute atomic E-state index is 0.411. The first-order valence-corrected chi connectivity index (χ1v) is 5.51. The van der Waals surface area contributed by atoms with Crippen LogP contribution in [0, 0.1) is 5.92 Å². The van der Waals surface area contributed by atoms with E-state index in [1.54, 1.807) is 12.3 Å². The molecule has 0 amide bonds. The maximum Gasteiger partial charge on any atom is 0.0664 e. The Morgan fingerprint density at radius 3 is 2.85 bits per heavy atom. The van der Waals surface area contributed by atoms with Gasteiger partial charge in [0.25, 0.3) is 0 Å². The van der Waals surface area contributed by atoms with Crippen LogP contribution in [0.15, 0.2) is 23.4 Å². The predicted molar refractivity (Wildman–Crippen MR) is 54.8 cm³/mol. The molecule has 1 atom stereocenters. The molecular formula is C9H14N2OS. The van der Waals surface area contributed by atoms with Gasteiger partial charge in [-0.15, -0.1) is 0 Å². The van der Waals surface area contributed by atoms with E-state index in [1.807, 2.05) is 13.8 Å². The molecule has 0 aliphatic carbocycles. The number of anilines is 1. The van der Waals surface area contributed by atoms with E-state index in [2.05, 4.69) is 4.98 Å². The molecule has 1 aromatic heterocycles. The second-order valence-corrected chi connectivity index (χ2v) is 4.78. The van der Waals surface area contributed by atoms with Crippen LogP contribution >= 0.6 is 0 Å². The third-order valence-electron chi connectivity index (χ3n) is 1.54. The Hall–Kier alpha value is -0.900. The molecule has 1 rings (SSSR count). The highest BCUT2D eigenvalue weighted by Gasteiger charge is 2.08. The van der Waals surface area contributed by atoms with E-state index < -0.39 is 10.8 Å². The quantitative estimate of drug-likeness (QED) is 0.799. The fraction of sp³-hybridized carbons (Fsp3) is 0.444. The van der Waals surface area contributed by atoms with Gasteiger partial charge in [-0.25, -0.2) is 0 Å². The SMILES string of the molecule is CC(C)CS(=O)c1ccncc1N. The molecular weight excluding hydrogens is 184 g/mol. The molecule has 0 aromatic carbocycles. The molecule has 2 N–H and O–H groups in total. The second kappa shape index (κ2) is 4.37. The average molecular weight is 198 g/mol. The maximum atomic E-state index is 11.7. The number of nitrogens with two attached hydrogens (primary N) is 1. The Kier molecular flexibility index (Phi) is 3.42. The summed E-state index contributed by atoms with van der Waals surface area (Å²) < 4.78 is 11.7. The highest BCUT2D eigenvalue weighted by molar-refractivity contribution is 7.85. The molecule has 72 valence electrons. The lowest BCUT2D eigenvalue weighted by molar-refractivity contribution is 0.665. The van der Waals surface area contributed by atoms with Crippen LogP contribution in [0.4, 0.5) is 5.69 Å². The Morgan fingerprint density at radius 1 is 1.62 bits per heavy atom. The standard InChI is InChI=1S/C9H14N2OS/c1-7(2)6-13(12)9-3-4-11-5-8(9)10/h3-5,7H,6,10H2,1-2H3. The highest BCUT2D eigenvalue weighted by Crippen LogP contribution is 2.15. The number of pyridine rings is 1. The third-order valence-corrected chi connectivity index (χ3v) is 3.37. The van der Waals surface area contributed by atoms with Crippen LogP contribution in [-0.4, -0.2) is 14.9 Å². The molecule has 0 bridgehead atoms. The number of nitrogens with zero attached hydrogens (tertiary/aromatic N) is 1. The van der Waals surface area contributed by atoms with Crippen molar-refractivity contribution in [3.63, 3.8) is 0 Å². The van der Waals surface area contributed by atoms with E-state index in [1.165, 1.54) is 6.20 Å². The molecule has 3 nitrogen and oxygen atoms in total. The van der Waals surface area contributed by atoms with E-state index in [4.69, 9.17) is 5.73 Å². The molecule has 1 aromatic rings. The number of nitrogen functional groups attached to an aromatic ring is 1. The zero-order valence-electron chi connectivity index (χ0n) is 7.86. The lowest BCUT2D eigenvalue weighted by Crippen LogP contribution is -2.07. The van der Waals surface area contributed by atoms with E-state index >= 15 is 0 Å². The zero-order valence-corrected chi connectivity index (χ0v) is 8.67. The summed E-state index contributed by atoms with van der Waals surface area (Å²) in [6, 6.07) is 1.72. The van der Waals surface area contributed by atoms with Crippen molar-refractivity contribution in [3.8, 4) is 0 Å². The molecule has 4 heteroatoms. The summed E-state index contributed by atoms with van der Waals surface area (Å²) in [6.07, 6.45) is 3.15. The van der Waals surface area contributed by atoms with Gasteiger partial charge in [-0.1, -0.05) is 13.8 Å². The summed E-state index contributed by atoms with van der Waals surface area (Å²) in [7, 11) is -0.990. The van der Waals surface area contributed by atoms with Crippen molar-refractivity contribution in [1.82, 2.24) is 4.98 Å². The highest BCUT2D eigenvalue weighted by atomic mass is 32.2. The fourth-order valence-electron chi connectivity index (χ4n) is 0.994. The second-order valence-electron chi connectivity index (χ2n) is 3.32. The summed E-state index contributed by atoms with van der Waals surface area (Å²) >= 11 is 0. The molecule has 0 saturated carbocycles. The molecule has 1 heterocycles. The van der Waals surface area contributed by atoms with Gasteiger partial charge < -0.3 is 5.73 Å². The molecule has 0 radical (unpaired) electrons. The monoisotopic (exact) mass is 198 g/mol. The van der Waals surface area contributed by atoms with Crippen LogP contribution in [-0.2, 0) is 10.8 Å². The van der Waals surface area contributed by atoms with Crippen molar-refractivity contribution >= 4 is 16.5 Å². The zero-order chi connectivity index (χ0) is 9.84. The van der Waals surface area contributed by atoms with E-state index in [9.17, 15) is 4.21 Å². The van der Waals surface area contributed by atoms with Gasteiger partial charge in [-0.3, -0.25) is 9.19 Å². The number of hydrogen-bond donors (Lipinski definition) is 1. The van der Waals surface area contributed by atoms with Gasteiger partial charge in [0.1, 0.15) is 0 Å². The summed E-state index contributed by atoms with van der Waals surface area (Å²) in [5.74, 6) is 1.06. The first kappa shape index (κ1) is 10.2. The molecule has 0 aliphatic heterocycles. The average Bonchev–Trinajstić information content (AvgIpc) is 2.03. The molecule has 0 spiro atoms. The summed E-state index contributed by atoms with van der Waals surface area (Å²) in [6.45, 7) is 4.07. The van der Waals surface area contributed by atoms with Gasteiger partial charge in [0, 0.05) is 11.9 Å². The minimum Gasteiger partial charge on any atom is -0.396 e. The van der Waals surface area contributed by atoms with Crippen molar-refractivity contribution < 1.29 is 4.21 Å². The fourth-order valence-corrected chi connectivity index (χ4v) is 2.31. The summed E-state index contributed by atoms with van der Waals surface area (Å²) in [5, 5.41) is 0. The minimum atomic E-state index is -0.990. The molecule has 13 heavy (non-hydrogen) atoms. The lowest BCUT2D eigenvalue weighted by Gasteiger charge is -2.06. The maximum absolute atomic E-state index is 11.7. The topological polar surface area (TPSA) is 56.0 Å². The van der Waals surface area contributed by atoms with Gasteiger partial charge in [-0.2, -0.15) is 0 Å². The van der Waals surface area contributed by atoms with Crippen LogP contribution in [0.1, 0.15) is 13.8 Å². The van der Waals surface area contributed by atoms with Crippen molar-refractivity contribution in [2.24, 2.45) is 5.92 Å². The van der Waals surface area contributed by atoms with Crippen molar-refractivity contribution in [3.05, 3.63) is 18.5 Å². The molecule has 0 aliphatic rings. The van der Waals surface area contributed by atoms with Gasteiger partial charge in [0.05, 0.1) is 27.6 Å². The molecule has 0 fully saturated rings. The van der Waals surface area contributed by atoms with Crippen molar-refractivity contribution in [2.75, 3.05) is 11.5 Å². The van der Waals surface area contributed by atoms with Crippen molar-refractivity contribution in [1.29, 1.82) is 0 Å². The van der Waals surface area contributed by atoms with E-state index in [0.29, 0.717) is 22.3 Å². The van der Waals surface area contributed by atoms with Gasteiger partial charge in [0.15, 0.2) is 0 Å². The number of hydrogen-bond acceptors (Lipinski definition) is 3. The van der Waals surface area contributed by atoms with Crippen LogP contribution < -0.4 is 5.73 Å². The van der Waals surface area contributed by atoms with Crippen LogP contribution in [0.2, 0.25) is 0 Å². The van der Waals surface area contributed by atoms with Crippen LogP contribution in [0.25, 0.3) is 0 Å². The van der Waals surface area contributed by atoms with E-state index in [0.717, 1.165) is 0 Å². The van der Waals surface area contributed by atoms with Gasteiger partial charge in [0.2, 0.25) is 0 Å².